The summed E-state index contributed by atoms with van der Waals surface area (Å²) in [5.74, 6) is 1.14. The standard InChI is InChI=1S/C26H26N2O3/c29-24(22-14-7-8-16-25(22)31-21-12-5-2-6-13-21)19-28-17-9-15-23(28)26(30)27-18-20-10-3-1-4-11-20/h1-8,10-14,16,23H,9,15,17-19H2,(H,27,30)/t23-/m0/s1. The fourth-order valence-electron chi connectivity index (χ4n) is 3.89. The molecule has 1 atom stereocenters. The average Bonchev–Trinajstić information content (AvgIpc) is 3.27. The van der Waals surface area contributed by atoms with Crippen LogP contribution in [0.1, 0.15) is 28.8 Å². The highest BCUT2D eigenvalue weighted by Gasteiger charge is 2.32. The largest absolute Gasteiger partial charge is 0.457 e. The molecule has 1 aliphatic heterocycles. The van der Waals surface area contributed by atoms with Gasteiger partial charge >= 0.3 is 0 Å². The molecule has 3 aromatic carbocycles. The van der Waals surface area contributed by atoms with Crippen molar-refractivity contribution in [1.29, 1.82) is 0 Å². The Balaban J connectivity index is 1.40. The van der Waals surface area contributed by atoms with Gasteiger partial charge in [0.05, 0.1) is 18.2 Å². The molecule has 1 fully saturated rings. The summed E-state index contributed by atoms with van der Waals surface area (Å²) in [5.41, 5.74) is 1.59. The molecule has 0 aliphatic carbocycles. The number of amides is 1. The lowest BCUT2D eigenvalue weighted by Gasteiger charge is -2.23. The molecule has 1 aliphatic rings. The Hall–Kier alpha value is -3.44. The average molecular weight is 415 g/mol. The predicted molar refractivity (Wildman–Crippen MR) is 120 cm³/mol. The lowest BCUT2D eigenvalue weighted by atomic mass is 10.1. The molecule has 3 aromatic rings. The number of ether oxygens (including phenoxy) is 1. The molecule has 0 radical (unpaired) electrons. The fourth-order valence-corrected chi connectivity index (χ4v) is 3.89. The summed E-state index contributed by atoms with van der Waals surface area (Å²) < 4.78 is 5.94. The van der Waals surface area contributed by atoms with Crippen LogP contribution in [0.3, 0.4) is 0 Å². The topological polar surface area (TPSA) is 58.6 Å². The molecule has 1 amide bonds. The summed E-state index contributed by atoms with van der Waals surface area (Å²) in [6.45, 7) is 1.42. The van der Waals surface area contributed by atoms with E-state index in [0.717, 1.165) is 24.9 Å². The number of nitrogens with one attached hydrogen (secondary N) is 1. The molecule has 0 saturated carbocycles. The summed E-state index contributed by atoms with van der Waals surface area (Å²) >= 11 is 0. The van der Waals surface area contributed by atoms with Gasteiger partial charge in [0.2, 0.25) is 5.91 Å². The van der Waals surface area contributed by atoms with Crippen LogP contribution in [0.4, 0.5) is 0 Å². The van der Waals surface area contributed by atoms with E-state index < -0.39 is 0 Å². The zero-order valence-corrected chi connectivity index (χ0v) is 17.4. The van der Waals surface area contributed by atoms with Crippen LogP contribution in [0.5, 0.6) is 11.5 Å². The predicted octanol–water partition coefficient (Wildman–Crippen LogP) is 4.44. The lowest BCUT2D eigenvalue weighted by Crippen LogP contribution is -2.44. The molecule has 0 bridgehead atoms. The molecule has 5 heteroatoms. The zero-order valence-electron chi connectivity index (χ0n) is 17.4. The van der Waals surface area contributed by atoms with Crippen LogP contribution in [0.15, 0.2) is 84.9 Å². The van der Waals surface area contributed by atoms with Gasteiger partial charge in [-0.05, 0) is 49.2 Å². The Morgan fingerprint density at radius 1 is 0.903 bits per heavy atom. The number of para-hydroxylation sites is 2. The van der Waals surface area contributed by atoms with Crippen molar-refractivity contribution in [2.24, 2.45) is 0 Å². The number of benzene rings is 3. The highest BCUT2D eigenvalue weighted by molar-refractivity contribution is 6.00. The van der Waals surface area contributed by atoms with E-state index in [0.29, 0.717) is 23.6 Å². The second-order valence-corrected chi connectivity index (χ2v) is 7.67. The third kappa shape index (κ3) is 5.38. The first-order valence-corrected chi connectivity index (χ1v) is 10.6. The van der Waals surface area contributed by atoms with E-state index in [1.165, 1.54) is 0 Å². The first kappa shape index (κ1) is 20.8. The Kier molecular flexibility index (Phi) is 6.75. The van der Waals surface area contributed by atoms with Gasteiger partial charge < -0.3 is 10.1 Å². The number of rotatable bonds is 8. The molecule has 5 nitrogen and oxygen atoms in total. The minimum Gasteiger partial charge on any atom is -0.457 e. The lowest BCUT2D eigenvalue weighted by molar-refractivity contribution is -0.125. The second-order valence-electron chi connectivity index (χ2n) is 7.67. The number of carbonyl (C=O) groups excluding carboxylic acids is 2. The van der Waals surface area contributed by atoms with Crippen LogP contribution in [0, 0.1) is 0 Å². The van der Waals surface area contributed by atoms with Crippen molar-refractivity contribution in [3.8, 4) is 11.5 Å². The number of carbonyl (C=O) groups is 2. The smallest absolute Gasteiger partial charge is 0.237 e. The molecule has 0 spiro atoms. The highest BCUT2D eigenvalue weighted by atomic mass is 16.5. The summed E-state index contributed by atoms with van der Waals surface area (Å²) in [6, 6.07) is 26.2. The SMILES string of the molecule is O=C(CN1CCC[C@H]1C(=O)NCc1ccccc1)c1ccccc1Oc1ccccc1. The van der Waals surface area contributed by atoms with Crippen molar-refractivity contribution < 1.29 is 14.3 Å². The Morgan fingerprint density at radius 3 is 2.35 bits per heavy atom. The summed E-state index contributed by atoms with van der Waals surface area (Å²) in [4.78, 5) is 27.8. The maximum absolute atomic E-state index is 13.1. The van der Waals surface area contributed by atoms with E-state index in [9.17, 15) is 9.59 Å². The van der Waals surface area contributed by atoms with Crippen LogP contribution in [0.2, 0.25) is 0 Å². The maximum Gasteiger partial charge on any atom is 0.237 e. The van der Waals surface area contributed by atoms with Crippen LogP contribution in [-0.2, 0) is 11.3 Å². The van der Waals surface area contributed by atoms with Gasteiger partial charge in [-0.25, -0.2) is 0 Å². The maximum atomic E-state index is 13.1. The van der Waals surface area contributed by atoms with Gasteiger partial charge in [-0.1, -0.05) is 60.7 Å². The van der Waals surface area contributed by atoms with Gasteiger partial charge in [0.1, 0.15) is 11.5 Å². The van der Waals surface area contributed by atoms with Gasteiger partial charge in [0.25, 0.3) is 0 Å². The van der Waals surface area contributed by atoms with Crippen molar-refractivity contribution in [2.75, 3.05) is 13.1 Å². The number of nitrogens with zero attached hydrogens (tertiary/aromatic N) is 1. The van der Waals surface area contributed by atoms with Crippen LogP contribution >= 0.6 is 0 Å². The monoisotopic (exact) mass is 414 g/mol. The third-order valence-corrected chi connectivity index (χ3v) is 5.48. The molecule has 0 aromatic heterocycles. The van der Waals surface area contributed by atoms with Gasteiger partial charge in [0.15, 0.2) is 5.78 Å². The summed E-state index contributed by atoms with van der Waals surface area (Å²) in [6.07, 6.45) is 1.66. The number of ketones is 1. The first-order valence-electron chi connectivity index (χ1n) is 10.6. The van der Waals surface area contributed by atoms with E-state index in [1.54, 1.807) is 12.1 Å². The van der Waals surface area contributed by atoms with E-state index >= 15 is 0 Å². The van der Waals surface area contributed by atoms with Crippen LogP contribution in [-0.4, -0.2) is 35.7 Å². The second kappa shape index (κ2) is 10.0. The van der Waals surface area contributed by atoms with Crippen molar-refractivity contribution in [1.82, 2.24) is 10.2 Å². The van der Waals surface area contributed by atoms with Crippen molar-refractivity contribution in [2.45, 2.75) is 25.4 Å². The Labute approximate surface area is 182 Å². The number of likely N-dealkylation sites (tertiary alicyclic amines) is 1. The molecule has 0 unspecified atom stereocenters. The van der Waals surface area contributed by atoms with Gasteiger partial charge in [-0.2, -0.15) is 0 Å². The minimum atomic E-state index is -0.283. The van der Waals surface area contributed by atoms with Crippen molar-refractivity contribution in [3.63, 3.8) is 0 Å². The number of Topliss-reactive ketones (excluding diaryl/α,β-unsaturated/α-hetero) is 1. The molecule has 1 N–H and O–H groups in total. The fraction of sp³-hybridized carbons (Fsp3) is 0.231. The Bertz CT molecular complexity index is 1020. The first-order chi connectivity index (χ1) is 15.2. The normalized spacial score (nSPS) is 16.1. The Morgan fingerprint density at radius 2 is 1.58 bits per heavy atom. The zero-order chi connectivity index (χ0) is 21.5. The van der Waals surface area contributed by atoms with Gasteiger partial charge in [0, 0.05) is 6.54 Å². The highest BCUT2D eigenvalue weighted by Crippen LogP contribution is 2.26. The number of hydrogen-bond donors (Lipinski definition) is 1. The quantitative estimate of drug-likeness (QED) is 0.554. The molecule has 1 saturated heterocycles. The molecule has 31 heavy (non-hydrogen) atoms. The van der Waals surface area contributed by atoms with E-state index in [1.807, 2.05) is 77.7 Å². The van der Waals surface area contributed by atoms with Gasteiger partial charge in [-0.15, -0.1) is 0 Å². The number of hydrogen-bond acceptors (Lipinski definition) is 4. The van der Waals surface area contributed by atoms with E-state index in [4.69, 9.17) is 4.74 Å². The summed E-state index contributed by atoms with van der Waals surface area (Å²) in [7, 11) is 0. The van der Waals surface area contributed by atoms with Gasteiger partial charge in [-0.3, -0.25) is 14.5 Å². The molecular formula is C26H26N2O3. The van der Waals surface area contributed by atoms with Crippen molar-refractivity contribution >= 4 is 11.7 Å². The van der Waals surface area contributed by atoms with Crippen molar-refractivity contribution in [3.05, 3.63) is 96.1 Å². The summed E-state index contributed by atoms with van der Waals surface area (Å²) in [5, 5.41) is 3.01. The minimum absolute atomic E-state index is 0.0250. The van der Waals surface area contributed by atoms with Crippen LogP contribution in [0.25, 0.3) is 0 Å². The molecule has 4 rings (SSSR count). The van der Waals surface area contributed by atoms with E-state index in [2.05, 4.69) is 5.32 Å². The molecule has 1 heterocycles. The van der Waals surface area contributed by atoms with E-state index in [-0.39, 0.29) is 24.3 Å². The third-order valence-electron chi connectivity index (χ3n) is 5.48. The molecule has 158 valence electrons. The van der Waals surface area contributed by atoms with Crippen LogP contribution < -0.4 is 10.1 Å². The molecular weight excluding hydrogens is 388 g/mol.